The highest BCUT2D eigenvalue weighted by Crippen LogP contribution is 2.29. The van der Waals surface area contributed by atoms with Crippen LogP contribution in [0.2, 0.25) is 0 Å². The lowest BCUT2D eigenvalue weighted by Crippen LogP contribution is -2.43. The average Bonchev–Trinajstić information content (AvgIpc) is 2.87. The van der Waals surface area contributed by atoms with Gasteiger partial charge in [0.05, 0.1) is 0 Å². The fourth-order valence-electron chi connectivity index (χ4n) is 3.41. The van der Waals surface area contributed by atoms with Crippen molar-refractivity contribution < 1.29 is 4.79 Å². The summed E-state index contributed by atoms with van der Waals surface area (Å²) >= 11 is 0. The van der Waals surface area contributed by atoms with Gasteiger partial charge < -0.3 is 10.3 Å². The first-order valence-electron chi connectivity index (χ1n) is 7.95. The number of benzene rings is 1. The fourth-order valence-corrected chi connectivity index (χ4v) is 3.41. The molecule has 3 rings (SSSR count). The molecule has 1 amide bonds. The molecule has 0 bridgehead atoms. The van der Waals surface area contributed by atoms with E-state index >= 15 is 0 Å². The smallest absolute Gasteiger partial charge is 0.267 e. The van der Waals surface area contributed by atoms with Gasteiger partial charge in [0.2, 0.25) is 0 Å². The molecule has 1 heterocycles. The predicted molar refractivity (Wildman–Crippen MR) is 86.5 cm³/mol. The summed E-state index contributed by atoms with van der Waals surface area (Å²) in [6, 6.07) is 8.45. The molecule has 0 aliphatic heterocycles. The van der Waals surface area contributed by atoms with Gasteiger partial charge in [0.15, 0.2) is 0 Å². The van der Waals surface area contributed by atoms with Gasteiger partial charge in [-0.3, -0.25) is 4.79 Å². The lowest BCUT2D eigenvalue weighted by molar-refractivity contribution is 0.0887. The van der Waals surface area contributed by atoms with E-state index in [2.05, 4.69) is 43.2 Å². The molecule has 3 nitrogen and oxygen atoms in total. The van der Waals surface area contributed by atoms with Crippen molar-refractivity contribution in [3.05, 3.63) is 35.5 Å². The number of aromatic nitrogens is 1. The number of H-pyrrole nitrogens is 1. The van der Waals surface area contributed by atoms with Crippen molar-refractivity contribution in [1.82, 2.24) is 10.3 Å². The van der Waals surface area contributed by atoms with E-state index in [1.54, 1.807) is 0 Å². The number of rotatable bonds is 2. The van der Waals surface area contributed by atoms with Crippen LogP contribution in [0.15, 0.2) is 24.3 Å². The Balaban J connectivity index is 1.77. The van der Waals surface area contributed by atoms with Gasteiger partial charge in [0, 0.05) is 16.9 Å². The van der Waals surface area contributed by atoms with Gasteiger partial charge in [-0.15, -0.1) is 0 Å². The molecule has 0 radical (unpaired) electrons. The van der Waals surface area contributed by atoms with Crippen molar-refractivity contribution in [2.75, 3.05) is 0 Å². The number of amides is 1. The van der Waals surface area contributed by atoms with Crippen molar-refractivity contribution in [3.63, 3.8) is 0 Å². The van der Waals surface area contributed by atoms with Gasteiger partial charge in [-0.25, -0.2) is 0 Å². The van der Waals surface area contributed by atoms with Gasteiger partial charge in [-0.1, -0.05) is 38.3 Å². The Morgan fingerprint density at radius 3 is 2.86 bits per heavy atom. The predicted octanol–water partition coefficient (Wildman–Crippen LogP) is 4.03. The molecule has 3 heteroatoms. The van der Waals surface area contributed by atoms with Crippen LogP contribution in [-0.4, -0.2) is 16.9 Å². The molecule has 0 spiro atoms. The van der Waals surface area contributed by atoms with E-state index < -0.39 is 0 Å². The number of aryl methyl sites for hydroxylation is 1. The first-order valence-corrected chi connectivity index (χ1v) is 7.95. The van der Waals surface area contributed by atoms with Gasteiger partial charge in [-0.2, -0.15) is 0 Å². The molecule has 1 fully saturated rings. The Morgan fingerprint density at radius 1 is 1.24 bits per heavy atom. The Hall–Kier alpha value is -1.77. The van der Waals surface area contributed by atoms with Gasteiger partial charge in [0.25, 0.3) is 5.91 Å². The summed E-state index contributed by atoms with van der Waals surface area (Å²) in [5.74, 6) is 1.26. The molecule has 1 saturated carbocycles. The lowest BCUT2D eigenvalue weighted by Gasteiger charge is -2.34. The zero-order valence-corrected chi connectivity index (χ0v) is 13.1. The van der Waals surface area contributed by atoms with Crippen molar-refractivity contribution in [3.8, 4) is 0 Å². The number of hydrogen-bond donors (Lipinski definition) is 2. The Morgan fingerprint density at radius 2 is 2.05 bits per heavy atom. The van der Waals surface area contributed by atoms with Crippen LogP contribution in [0.4, 0.5) is 0 Å². The van der Waals surface area contributed by atoms with Crippen LogP contribution < -0.4 is 5.32 Å². The maximum absolute atomic E-state index is 12.5. The fraction of sp³-hybridized carbons (Fsp3) is 0.500. The van der Waals surface area contributed by atoms with E-state index in [1.807, 2.05) is 12.1 Å². The highest BCUT2D eigenvalue weighted by Gasteiger charge is 2.28. The van der Waals surface area contributed by atoms with Crippen molar-refractivity contribution in [2.24, 2.45) is 11.8 Å². The molecular formula is C18H24N2O. The molecule has 3 atom stereocenters. The highest BCUT2D eigenvalue weighted by atomic mass is 16.1. The lowest BCUT2D eigenvalue weighted by atomic mass is 9.78. The summed E-state index contributed by atoms with van der Waals surface area (Å²) in [6.45, 7) is 6.61. The van der Waals surface area contributed by atoms with Crippen LogP contribution in [-0.2, 0) is 0 Å². The van der Waals surface area contributed by atoms with E-state index in [4.69, 9.17) is 0 Å². The van der Waals surface area contributed by atoms with E-state index in [-0.39, 0.29) is 5.91 Å². The monoisotopic (exact) mass is 284 g/mol. The van der Waals surface area contributed by atoms with E-state index in [0.29, 0.717) is 23.6 Å². The quantitative estimate of drug-likeness (QED) is 0.859. The Bertz CT molecular complexity index is 658. The Labute approximate surface area is 126 Å². The number of carbonyl (C=O) groups excluding carboxylic acids is 1. The van der Waals surface area contributed by atoms with Gasteiger partial charge in [-0.05, 0) is 43.4 Å². The summed E-state index contributed by atoms with van der Waals surface area (Å²) in [4.78, 5) is 15.7. The van der Waals surface area contributed by atoms with Crippen molar-refractivity contribution >= 4 is 16.8 Å². The standard InChI is InChI=1S/C18H24N2O/c1-11-7-8-16-14(9-11)10-17(19-16)18(21)20-15-6-4-5-12(2)13(15)3/h7-10,12-13,15,19H,4-6H2,1-3H3,(H,20,21)/t12-,13-,15-/m1/s1. The molecule has 21 heavy (non-hydrogen) atoms. The van der Waals surface area contributed by atoms with E-state index in [0.717, 1.165) is 17.3 Å². The van der Waals surface area contributed by atoms with Crippen LogP contribution >= 0.6 is 0 Å². The molecule has 1 aromatic carbocycles. The molecule has 2 aromatic rings. The topological polar surface area (TPSA) is 44.9 Å². The average molecular weight is 284 g/mol. The minimum Gasteiger partial charge on any atom is -0.351 e. The molecule has 1 aliphatic carbocycles. The summed E-state index contributed by atoms with van der Waals surface area (Å²) in [5, 5.41) is 4.32. The largest absolute Gasteiger partial charge is 0.351 e. The maximum Gasteiger partial charge on any atom is 0.267 e. The third-order valence-electron chi connectivity index (χ3n) is 5.04. The summed E-state index contributed by atoms with van der Waals surface area (Å²) in [5.41, 5.74) is 2.90. The second-order valence-electron chi connectivity index (χ2n) is 6.62. The third kappa shape index (κ3) is 2.82. The zero-order valence-electron chi connectivity index (χ0n) is 13.1. The van der Waals surface area contributed by atoms with Crippen molar-refractivity contribution in [2.45, 2.75) is 46.1 Å². The normalized spacial score (nSPS) is 26.0. The number of nitrogens with one attached hydrogen (secondary N) is 2. The zero-order chi connectivity index (χ0) is 15.0. The number of fused-ring (bicyclic) bond motifs is 1. The second kappa shape index (κ2) is 5.55. The van der Waals surface area contributed by atoms with Gasteiger partial charge in [0.1, 0.15) is 5.69 Å². The third-order valence-corrected chi connectivity index (χ3v) is 5.04. The molecule has 1 aliphatic rings. The minimum atomic E-state index is 0.0230. The van der Waals surface area contributed by atoms with E-state index in [1.165, 1.54) is 18.4 Å². The molecule has 112 valence electrons. The molecule has 0 unspecified atom stereocenters. The van der Waals surface area contributed by atoms with Crippen LogP contribution in [0.1, 0.15) is 49.2 Å². The van der Waals surface area contributed by atoms with Crippen molar-refractivity contribution in [1.29, 1.82) is 0 Å². The van der Waals surface area contributed by atoms with Crippen LogP contribution in [0.3, 0.4) is 0 Å². The van der Waals surface area contributed by atoms with E-state index in [9.17, 15) is 4.79 Å². The number of aromatic amines is 1. The highest BCUT2D eigenvalue weighted by molar-refractivity contribution is 5.98. The Kier molecular flexibility index (Phi) is 3.75. The molecular weight excluding hydrogens is 260 g/mol. The number of carbonyl (C=O) groups is 1. The van der Waals surface area contributed by atoms with Crippen LogP contribution in [0.5, 0.6) is 0 Å². The van der Waals surface area contributed by atoms with Gasteiger partial charge >= 0.3 is 0 Å². The minimum absolute atomic E-state index is 0.0230. The molecule has 1 aromatic heterocycles. The molecule has 0 saturated heterocycles. The number of hydrogen-bond acceptors (Lipinski definition) is 1. The van der Waals surface area contributed by atoms with Crippen LogP contribution in [0.25, 0.3) is 10.9 Å². The summed E-state index contributed by atoms with van der Waals surface area (Å²) < 4.78 is 0. The first kappa shape index (κ1) is 14.2. The summed E-state index contributed by atoms with van der Waals surface area (Å²) in [7, 11) is 0. The van der Waals surface area contributed by atoms with Crippen LogP contribution in [0, 0.1) is 18.8 Å². The second-order valence-corrected chi connectivity index (χ2v) is 6.62. The first-order chi connectivity index (χ1) is 10.0. The SMILES string of the molecule is Cc1ccc2[nH]c(C(=O)N[C@@H]3CCC[C@@H](C)[C@H]3C)cc2c1. The maximum atomic E-state index is 12.5. The molecule has 2 N–H and O–H groups in total. The summed E-state index contributed by atoms with van der Waals surface area (Å²) in [6.07, 6.45) is 3.58.